The normalized spacial score (nSPS) is 11.3. The second kappa shape index (κ2) is 6.90. The van der Waals surface area contributed by atoms with Crippen LogP contribution in [0.2, 0.25) is 5.02 Å². The van der Waals surface area contributed by atoms with Crippen molar-refractivity contribution in [2.24, 2.45) is 0 Å². The average molecular weight is 404 g/mol. The number of thiophene rings is 1. The SMILES string of the molecule is Cc1nc(SCc2nc3scc(-c4ccccc4Cl)c3c(=O)[nH]2)oc1C. The number of aromatic nitrogens is 3. The summed E-state index contributed by atoms with van der Waals surface area (Å²) in [6, 6.07) is 7.48. The van der Waals surface area contributed by atoms with Gasteiger partial charge < -0.3 is 9.40 Å². The smallest absolute Gasteiger partial charge is 0.260 e. The van der Waals surface area contributed by atoms with Crippen molar-refractivity contribution < 1.29 is 4.42 Å². The highest BCUT2D eigenvalue weighted by molar-refractivity contribution is 7.98. The van der Waals surface area contributed by atoms with E-state index in [1.165, 1.54) is 23.1 Å². The van der Waals surface area contributed by atoms with Crippen LogP contribution in [0.4, 0.5) is 0 Å². The lowest BCUT2D eigenvalue weighted by Crippen LogP contribution is -2.10. The lowest BCUT2D eigenvalue weighted by Gasteiger charge is -2.03. The molecule has 0 aliphatic heterocycles. The van der Waals surface area contributed by atoms with Gasteiger partial charge in [0.1, 0.15) is 16.4 Å². The minimum Gasteiger partial charge on any atom is -0.437 e. The molecule has 3 heterocycles. The average Bonchev–Trinajstić information content (AvgIpc) is 3.17. The zero-order valence-corrected chi connectivity index (χ0v) is 16.4. The molecule has 0 aliphatic carbocycles. The number of nitrogens with zero attached hydrogens (tertiary/aromatic N) is 2. The van der Waals surface area contributed by atoms with Gasteiger partial charge in [0.2, 0.25) is 0 Å². The molecular formula is C18H14ClN3O2S2. The molecule has 0 saturated carbocycles. The Kier molecular flexibility index (Phi) is 4.60. The molecule has 5 nitrogen and oxygen atoms in total. The number of hydrogen-bond acceptors (Lipinski definition) is 6. The molecule has 132 valence electrons. The predicted octanol–water partition coefficient (Wildman–Crippen LogP) is 5.20. The summed E-state index contributed by atoms with van der Waals surface area (Å²) in [5.74, 6) is 1.87. The summed E-state index contributed by atoms with van der Waals surface area (Å²) in [5, 5.41) is 3.68. The van der Waals surface area contributed by atoms with E-state index in [0.29, 0.717) is 32.0 Å². The topological polar surface area (TPSA) is 71.8 Å². The summed E-state index contributed by atoms with van der Waals surface area (Å²) in [7, 11) is 0. The van der Waals surface area contributed by atoms with Crippen LogP contribution >= 0.6 is 34.7 Å². The molecule has 26 heavy (non-hydrogen) atoms. The molecule has 1 N–H and O–H groups in total. The number of aryl methyl sites for hydroxylation is 2. The van der Waals surface area contributed by atoms with Crippen molar-refractivity contribution in [3.63, 3.8) is 0 Å². The highest BCUT2D eigenvalue weighted by atomic mass is 35.5. The molecule has 0 aliphatic rings. The molecule has 1 aromatic carbocycles. The number of benzene rings is 1. The Morgan fingerprint density at radius 2 is 2.04 bits per heavy atom. The number of oxazole rings is 1. The number of halogens is 1. The van der Waals surface area contributed by atoms with Gasteiger partial charge in [-0.1, -0.05) is 41.6 Å². The van der Waals surface area contributed by atoms with E-state index < -0.39 is 0 Å². The summed E-state index contributed by atoms with van der Waals surface area (Å²) >= 11 is 9.12. The summed E-state index contributed by atoms with van der Waals surface area (Å²) in [5.41, 5.74) is 2.34. The fourth-order valence-electron chi connectivity index (χ4n) is 2.57. The van der Waals surface area contributed by atoms with Crippen LogP contribution in [0.15, 0.2) is 44.1 Å². The fourth-order valence-corrected chi connectivity index (χ4v) is 4.55. The van der Waals surface area contributed by atoms with E-state index in [0.717, 1.165) is 22.6 Å². The van der Waals surface area contributed by atoms with Gasteiger partial charge in [0.25, 0.3) is 10.8 Å². The van der Waals surface area contributed by atoms with Crippen LogP contribution in [0, 0.1) is 13.8 Å². The molecule has 0 spiro atoms. The Hall–Kier alpha value is -2.09. The standard InChI is InChI=1S/C18H14ClN3O2S2/c1-9-10(2)24-18(20-9)26-8-14-21-16(23)15-12(7-25-17(15)22-14)11-5-3-4-6-13(11)19/h3-7H,8H2,1-2H3,(H,21,22,23). The zero-order valence-electron chi connectivity index (χ0n) is 14.0. The van der Waals surface area contributed by atoms with Crippen LogP contribution in [0.1, 0.15) is 17.3 Å². The van der Waals surface area contributed by atoms with Crippen LogP contribution in [-0.2, 0) is 5.75 Å². The molecular weight excluding hydrogens is 390 g/mol. The molecule has 3 aromatic heterocycles. The minimum absolute atomic E-state index is 0.165. The minimum atomic E-state index is -0.165. The van der Waals surface area contributed by atoms with E-state index in [1.807, 2.05) is 43.5 Å². The second-order valence-corrected chi connectivity index (χ2v) is 7.92. The van der Waals surface area contributed by atoms with E-state index in [9.17, 15) is 4.79 Å². The first-order chi connectivity index (χ1) is 12.5. The van der Waals surface area contributed by atoms with Crippen LogP contribution in [-0.4, -0.2) is 15.0 Å². The number of fused-ring (bicyclic) bond motifs is 1. The highest BCUT2D eigenvalue weighted by Crippen LogP contribution is 2.35. The Bertz CT molecular complexity index is 1140. The monoisotopic (exact) mass is 403 g/mol. The van der Waals surface area contributed by atoms with E-state index in [1.54, 1.807) is 0 Å². The second-order valence-electron chi connectivity index (χ2n) is 5.73. The van der Waals surface area contributed by atoms with Crippen molar-refractivity contribution in [2.45, 2.75) is 24.8 Å². The Morgan fingerprint density at radius 1 is 1.23 bits per heavy atom. The number of aromatic amines is 1. The van der Waals surface area contributed by atoms with Gasteiger partial charge >= 0.3 is 0 Å². The Morgan fingerprint density at radius 3 is 2.77 bits per heavy atom. The van der Waals surface area contributed by atoms with Crippen molar-refractivity contribution in [2.75, 3.05) is 0 Å². The van der Waals surface area contributed by atoms with E-state index in [2.05, 4.69) is 15.0 Å². The Balaban J connectivity index is 1.68. The first-order valence-electron chi connectivity index (χ1n) is 7.85. The van der Waals surface area contributed by atoms with E-state index in [4.69, 9.17) is 16.0 Å². The van der Waals surface area contributed by atoms with Gasteiger partial charge in [-0.15, -0.1) is 11.3 Å². The van der Waals surface area contributed by atoms with E-state index >= 15 is 0 Å². The maximum Gasteiger partial charge on any atom is 0.260 e. The van der Waals surface area contributed by atoms with Crippen LogP contribution < -0.4 is 5.56 Å². The van der Waals surface area contributed by atoms with Gasteiger partial charge in [-0.25, -0.2) is 9.97 Å². The van der Waals surface area contributed by atoms with Crippen LogP contribution in [0.5, 0.6) is 0 Å². The maximum atomic E-state index is 12.7. The molecule has 0 fully saturated rings. The molecule has 4 aromatic rings. The predicted molar refractivity (Wildman–Crippen MR) is 106 cm³/mol. The van der Waals surface area contributed by atoms with Crippen molar-refractivity contribution in [1.29, 1.82) is 0 Å². The summed E-state index contributed by atoms with van der Waals surface area (Å²) in [6.07, 6.45) is 0. The van der Waals surface area contributed by atoms with Crippen LogP contribution in [0.3, 0.4) is 0 Å². The number of rotatable bonds is 4. The number of H-pyrrole nitrogens is 1. The van der Waals surface area contributed by atoms with Gasteiger partial charge in [0.15, 0.2) is 0 Å². The molecule has 0 atom stereocenters. The molecule has 0 amide bonds. The number of nitrogens with one attached hydrogen (secondary N) is 1. The third kappa shape index (κ3) is 3.18. The summed E-state index contributed by atoms with van der Waals surface area (Å²) in [4.78, 5) is 25.1. The Labute approximate surface area is 162 Å². The maximum absolute atomic E-state index is 12.7. The van der Waals surface area contributed by atoms with E-state index in [-0.39, 0.29) is 5.56 Å². The lowest BCUT2D eigenvalue weighted by molar-refractivity contribution is 0.431. The summed E-state index contributed by atoms with van der Waals surface area (Å²) < 4.78 is 5.55. The molecule has 0 radical (unpaired) electrons. The molecule has 0 bridgehead atoms. The van der Waals surface area contributed by atoms with Gasteiger partial charge in [0.05, 0.1) is 16.8 Å². The summed E-state index contributed by atoms with van der Waals surface area (Å²) in [6.45, 7) is 3.78. The van der Waals surface area contributed by atoms with Crippen molar-refractivity contribution in [1.82, 2.24) is 15.0 Å². The number of thioether (sulfide) groups is 1. The zero-order chi connectivity index (χ0) is 18.3. The van der Waals surface area contributed by atoms with Gasteiger partial charge in [0, 0.05) is 21.5 Å². The van der Waals surface area contributed by atoms with Crippen molar-refractivity contribution in [3.05, 3.63) is 62.3 Å². The van der Waals surface area contributed by atoms with Crippen LogP contribution in [0.25, 0.3) is 21.3 Å². The molecule has 0 unspecified atom stereocenters. The third-order valence-corrected chi connectivity index (χ3v) is 6.04. The number of hydrogen-bond donors (Lipinski definition) is 1. The third-order valence-electron chi connectivity index (χ3n) is 4.00. The van der Waals surface area contributed by atoms with Gasteiger partial charge in [-0.2, -0.15) is 0 Å². The van der Waals surface area contributed by atoms with Crippen molar-refractivity contribution >= 4 is 44.9 Å². The van der Waals surface area contributed by atoms with Crippen molar-refractivity contribution in [3.8, 4) is 11.1 Å². The first kappa shape index (κ1) is 17.3. The molecule has 8 heteroatoms. The first-order valence-corrected chi connectivity index (χ1v) is 10.1. The lowest BCUT2D eigenvalue weighted by atomic mass is 10.1. The largest absolute Gasteiger partial charge is 0.437 e. The van der Waals surface area contributed by atoms with Gasteiger partial charge in [-0.05, 0) is 19.9 Å². The molecule has 0 saturated heterocycles. The van der Waals surface area contributed by atoms with Gasteiger partial charge in [-0.3, -0.25) is 4.79 Å². The fraction of sp³-hybridized carbons (Fsp3) is 0.167. The quantitative estimate of drug-likeness (QED) is 0.474. The molecule has 4 rings (SSSR count). The highest BCUT2D eigenvalue weighted by Gasteiger charge is 2.15.